The second kappa shape index (κ2) is 10.3. The third kappa shape index (κ3) is 4.93. The number of nitrogens with zero attached hydrogens (tertiary/aromatic N) is 1. The molecular formula is C27H32N2O5. The molecule has 0 bridgehead atoms. The first-order chi connectivity index (χ1) is 16.4. The minimum atomic E-state index is -0.910. The SMILES string of the molecule is CCN(CC(C)C(=O)O)C(=O)C1CCC(NC(=O)OCC2c3ccccc3-c3ccccc32)C1. The van der Waals surface area contributed by atoms with Crippen LogP contribution in [0.3, 0.4) is 0 Å². The van der Waals surface area contributed by atoms with Crippen molar-refractivity contribution in [2.45, 2.75) is 45.1 Å². The number of hydrogen-bond donors (Lipinski definition) is 2. The van der Waals surface area contributed by atoms with Crippen LogP contribution in [-0.4, -0.2) is 53.7 Å². The Labute approximate surface area is 200 Å². The number of fused-ring (bicyclic) bond motifs is 3. The number of alkyl carbamates (subject to hydrolysis) is 1. The lowest BCUT2D eigenvalue weighted by atomic mass is 9.98. The van der Waals surface area contributed by atoms with Gasteiger partial charge in [0, 0.05) is 31.0 Å². The van der Waals surface area contributed by atoms with E-state index in [1.54, 1.807) is 11.8 Å². The zero-order valence-corrected chi connectivity index (χ0v) is 19.7. The van der Waals surface area contributed by atoms with Gasteiger partial charge in [-0.05, 0) is 48.4 Å². The van der Waals surface area contributed by atoms with Crippen molar-refractivity contribution in [1.82, 2.24) is 10.2 Å². The highest BCUT2D eigenvalue weighted by Crippen LogP contribution is 2.44. The monoisotopic (exact) mass is 464 g/mol. The van der Waals surface area contributed by atoms with E-state index in [1.165, 1.54) is 22.3 Å². The smallest absolute Gasteiger partial charge is 0.407 e. The van der Waals surface area contributed by atoms with Gasteiger partial charge in [0.1, 0.15) is 6.61 Å². The number of amides is 2. The second-order valence-electron chi connectivity index (χ2n) is 9.29. The molecule has 1 fully saturated rings. The average molecular weight is 465 g/mol. The maximum absolute atomic E-state index is 12.9. The number of ether oxygens (including phenoxy) is 1. The molecule has 0 heterocycles. The van der Waals surface area contributed by atoms with Crippen molar-refractivity contribution < 1.29 is 24.2 Å². The van der Waals surface area contributed by atoms with Gasteiger partial charge in [-0.1, -0.05) is 55.5 Å². The van der Waals surface area contributed by atoms with Crippen LogP contribution in [0.15, 0.2) is 48.5 Å². The van der Waals surface area contributed by atoms with Crippen molar-refractivity contribution in [3.8, 4) is 11.1 Å². The van der Waals surface area contributed by atoms with Crippen LogP contribution in [0.25, 0.3) is 11.1 Å². The largest absolute Gasteiger partial charge is 0.481 e. The molecule has 2 aliphatic rings. The maximum Gasteiger partial charge on any atom is 0.407 e. The topological polar surface area (TPSA) is 95.9 Å². The first kappa shape index (κ1) is 23.8. The van der Waals surface area contributed by atoms with E-state index >= 15 is 0 Å². The number of carbonyl (C=O) groups excluding carboxylic acids is 2. The number of rotatable bonds is 8. The molecule has 1 saturated carbocycles. The Hall–Kier alpha value is -3.35. The fourth-order valence-corrected chi connectivity index (χ4v) is 5.19. The molecule has 3 atom stereocenters. The minimum Gasteiger partial charge on any atom is -0.481 e. The van der Waals surface area contributed by atoms with Crippen molar-refractivity contribution in [3.63, 3.8) is 0 Å². The van der Waals surface area contributed by atoms with Crippen molar-refractivity contribution >= 4 is 18.0 Å². The Kier molecular flexibility index (Phi) is 7.20. The van der Waals surface area contributed by atoms with Crippen LogP contribution >= 0.6 is 0 Å². The van der Waals surface area contributed by atoms with Crippen LogP contribution in [0.4, 0.5) is 4.79 Å². The Morgan fingerprint density at radius 1 is 1.06 bits per heavy atom. The number of carboxylic acids is 1. The van der Waals surface area contributed by atoms with Gasteiger partial charge in [-0.2, -0.15) is 0 Å². The van der Waals surface area contributed by atoms with Gasteiger partial charge in [-0.25, -0.2) is 4.79 Å². The number of benzene rings is 2. The van der Waals surface area contributed by atoms with Crippen LogP contribution in [0.5, 0.6) is 0 Å². The molecule has 7 heteroatoms. The molecule has 2 aliphatic carbocycles. The molecule has 2 amide bonds. The molecule has 0 aromatic heterocycles. The molecule has 2 aromatic carbocycles. The summed E-state index contributed by atoms with van der Waals surface area (Å²) in [5.74, 6) is -1.76. The van der Waals surface area contributed by atoms with Gasteiger partial charge >= 0.3 is 12.1 Å². The standard InChI is InChI=1S/C27H32N2O5/c1-3-29(15-17(2)26(31)32)25(30)18-12-13-19(14-18)28-27(33)34-16-24-22-10-6-4-8-20(22)21-9-5-7-11-23(21)24/h4-11,17-19,24H,3,12-16H2,1-2H3,(H,28,33)(H,31,32). The fourth-order valence-electron chi connectivity index (χ4n) is 5.19. The number of nitrogens with one attached hydrogen (secondary N) is 1. The van der Waals surface area contributed by atoms with E-state index in [-0.39, 0.29) is 36.9 Å². The summed E-state index contributed by atoms with van der Waals surface area (Å²) in [6.45, 7) is 4.39. The molecule has 0 spiro atoms. The molecule has 0 aliphatic heterocycles. The highest BCUT2D eigenvalue weighted by molar-refractivity contribution is 5.81. The van der Waals surface area contributed by atoms with Crippen LogP contribution in [-0.2, 0) is 14.3 Å². The second-order valence-corrected chi connectivity index (χ2v) is 9.29. The average Bonchev–Trinajstić information content (AvgIpc) is 3.43. The third-order valence-corrected chi connectivity index (χ3v) is 7.06. The number of hydrogen-bond acceptors (Lipinski definition) is 4. The molecule has 3 unspecified atom stereocenters. The van der Waals surface area contributed by atoms with E-state index in [1.807, 2.05) is 31.2 Å². The summed E-state index contributed by atoms with van der Waals surface area (Å²) in [7, 11) is 0. The van der Waals surface area contributed by atoms with Gasteiger partial charge in [0.25, 0.3) is 0 Å². The number of aliphatic carboxylic acids is 1. The van der Waals surface area contributed by atoms with Crippen molar-refractivity contribution in [2.24, 2.45) is 11.8 Å². The molecule has 7 nitrogen and oxygen atoms in total. The highest BCUT2D eigenvalue weighted by atomic mass is 16.5. The predicted molar refractivity (Wildman–Crippen MR) is 128 cm³/mol. The number of carboxylic acid groups (broad SMARTS) is 1. The summed E-state index contributed by atoms with van der Waals surface area (Å²) < 4.78 is 5.63. The Morgan fingerprint density at radius 2 is 1.68 bits per heavy atom. The van der Waals surface area contributed by atoms with Gasteiger partial charge in [-0.3, -0.25) is 9.59 Å². The summed E-state index contributed by atoms with van der Waals surface area (Å²) in [5.41, 5.74) is 4.69. The summed E-state index contributed by atoms with van der Waals surface area (Å²) in [5, 5.41) is 12.1. The van der Waals surface area contributed by atoms with E-state index in [4.69, 9.17) is 9.84 Å². The highest BCUT2D eigenvalue weighted by Gasteiger charge is 2.35. The summed E-state index contributed by atoms with van der Waals surface area (Å²) in [6, 6.07) is 16.3. The van der Waals surface area contributed by atoms with Crippen molar-refractivity contribution in [1.29, 1.82) is 0 Å². The quantitative estimate of drug-likeness (QED) is 0.609. The predicted octanol–water partition coefficient (Wildman–Crippen LogP) is 4.26. The zero-order valence-electron chi connectivity index (χ0n) is 19.7. The van der Waals surface area contributed by atoms with Gasteiger partial charge in [0.05, 0.1) is 5.92 Å². The lowest BCUT2D eigenvalue weighted by Crippen LogP contribution is -2.40. The molecular weight excluding hydrogens is 432 g/mol. The van der Waals surface area contributed by atoms with E-state index in [0.717, 1.165) is 0 Å². The van der Waals surface area contributed by atoms with Gasteiger partial charge < -0.3 is 20.1 Å². The van der Waals surface area contributed by atoms with E-state index in [2.05, 4.69) is 29.6 Å². The lowest BCUT2D eigenvalue weighted by molar-refractivity contribution is -0.143. The Morgan fingerprint density at radius 3 is 2.26 bits per heavy atom. The lowest BCUT2D eigenvalue weighted by Gasteiger charge is -2.26. The van der Waals surface area contributed by atoms with Crippen LogP contribution in [0.2, 0.25) is 0 Å². The van der Waals surface area contributed by atoms with E-state index < -0.39 is 18.0 Å². The van der Waals surface area contributed by atoms with Crippen LogP contribution < -0.4 is 5.32 Å². The van der Waals surface area contributed by atoms with Gasteiger partial charge in [0.15, 0.2) is 0 Å². The normalized spacial score (nSPS) is 19.7. The van der Waals surface area contributed by atoms with Crippen LogP contribution in [0, 0.1) is 11.8 Å². The van der Waals surface area contributed by atoms with Gasteiger partial charge in [-0.15, -0.1) is 0 Å². The van der Waals surface area contributed by atoms with Crippen molar-refractivity contribution in [2.75, 3.05) is 19.7 Å². The van der Waals surface area contributed by atoms with E-state index in [0.29, 0.717) is 25.8 Å². The van der Waals surface area contributed by atoms with E-state index in [9.17, 15) is 14.4 Å². The molecule has 2 N–H and O–H groups in total. The molecule has 0 radical (unpaired) electrons. The maximum atomic E-state index is 12.9. The van der Waals surface area contributed by atoms with Crippen LogP contribution in [0.1, 0.15) is 50.2 Å². The summed E-state index contributed by atoms with van der Waals surface area (Å²) in [6.07, 6.45) is 1.45. The molecule has 180 valence electrons. The Balaban J connectivity index is 1.30. The first-order valence-electron chi connectivity index (χ1n) is 12.0. The molecule has 0 saturated heterocycles. The first-order valence-corrected chi connectivity index (χ1v) is 12.0. The Bertz CT molecular complexity index is 1020. The third-order valence-electron chi connectivity index (χ3n) is 7.06. The molecule has 4 rings (SSSR count). The summed E-state index contributed by atoms with van der Waals surface area (Å²) >= 11 is 0. The number of carbonyl (C=O) groups is 3. The van der Waals surface area contributed by atoms with Crippen molar-refractivity contribution in [3.05, 3.63) is 59.7 Å². The van der Waals surface area contributed by atoms with Gasteiger partial charge in [0.2, 0.25) is 5.91 Å². The zero-order chi connectivity index (χ0) is 24.2. The molecule has 2 aromatic rings. The molecule has 34 heavy (non-hydrogen) atoms. The fraction of sp³-hybridized carbons (Fsp3) is 0.444. The minimum absolute atomic E-state index is 0.00499. The summed E-state index contributed by atoms with van der Waals surface area (Å²) in [4.78, 5) is 38.2.